The molecule has 1 aromatic carbocycles. The van der Waals surface area contributed by atoms with Crippen LogP contribution in [0.2, 0.25) is 0 Å². The first kappa shape index (κ1) is 17.1. The van der Waals surface area contributed by atoms with Crippen molar-refractivity contribution in [3.8, 4) is 0 Å². The molecule has 0 radical (unpaired) electrons. The first-order valence-electron chi connectivity index (χ1n) is 8.86. The standard InChI is InChI=1S/C18H21N5O2S/c1-11-21-22-18(23(11)13-8-9-13)26-10-16(24)20-15-5-3-2-4-14(15)17(25)19-12-6-7-12/h2-5,12-13H,6-10H2,1H3,(H,19,25)(H,20,24). The van der Waals surface area contributed by atoms with Crippen LogP contribution in [-0.4, -0.2) is 38.4 Å². The van der Waals surface area contributed by atoms with Gasteiger partial charge in [0.05, 0.1) is 17.0 Å². The number of para-hydroxylation sites is 1. The van der Waals surface area contributed by atoms with Crippen LogP contribution in [0.25, 0.3) is 0 Å². The van der Waals surface area contributed by atoms with Gasteiger partial charge in [-0.25, -0.2) is 0 Å². The lowest BCUT2D eigenvalue weighted by Crippen LogP contribution is -2.27. The van der Waals surface area contributed by atoms with Gasteiger partial charge in [0.2, 0.25) is 5.91 Å². The van der Waals surface area contributed by atoms with Gasteiger partial charge in [0.1, 0.15) is 5.82 Å². The molecule has 4 rings (SSSR count). The average molecular weight is 371 g/mol. The van der Waals surface area contributed by atoms with Crippen LogP contribution in [0.4, 0.5) is 5.69 Å². The Hall–Kier alpha value is -2.35. The molecule has 0 bridgehead atoms. The fourth-order valence-electron chi connectivity index (χ4n) is 2.80. The third kappa shape index (κ3) is 3.90. The summed E-state index contributed by atoms with van der Waals surface area (Å²) in [5.74, 6) is 0.811. The first-order chi connectivity index (χ1) is 12.6. The normalized spacial score (nSPS) is 16.3. The van der Waals surface area contributed by atoms with E-state index in [0.29, 0.717) is 17.3 Å². The van der Waals surface area contributed by atoms with Gasteiger partial charge < -0.3 is 15.2 Å². The maximum atomic E-state index is 12.4. The third-order valence-corrected chi connectivity index (χ3v) is 5.38. The summed E-state index contributed by atoms with van der Waals surface area (Å²) >= 11 is 1.38. The quantitative estimate of drug-likeness (QED) is 0.730. The number of amides is 2. The smallest absolute Gasteiger partial charge is 0.253 e. The van der Waals surface area contributed by atoms with Gasteiger partial charge in [0.25, 0.3) is 5.91 Å². The Morgan fingerprint density at radius 3 is 2.69 bits per heavy atom. The van der Waals surface area contributed by atoms with Crippen LogP contribution in [0.5, 0.6) is 0 Å². The number of carbonyl (C=O) groups excluding carboxylic acids is 2. The van der Waals surface area contributed by atoms with Gasteiger partial charge >= 0.3 is 0 Å². The Morgan fingerprint density at radius 2 is 1.96 bits per heavy atom. The van der Waals surface area contributed by atoms with E-state index in [1.807, 2.05) is 13.0 Å². The molecule has 1 aromatic heterocycles. The summed E-state index contributed by atoms with van der Waals surface area (Å²) < 4.78 is 2.11. The molecule has 8 heteroatoms. The Balaban J connectivity index is 1.38. The number of anilines is 1. The second-order valence-electron chi connectivity index (χ2n) is 6.76. The van der Waals surface area contributed by atoms with Crippen LogP contribution in [0.15, 0.2) is 29.4 Å². The van der Waals surface area contributed by atoms with Crippen molar-refractivity contribution < 1.29 is 9.59 Å². The Bertz CT molecular complexity index is 842. The Labute approximate surface area is 155 Å². The van der Waals surface area contributed by atoms with Crippen LogP contribution in [0, 0.1) is 6.92 Å². The highest BCUT2D eigenvalue weighted by Gasteiger charge is 2.28. The SMILES string of the molecule is Cc1nnc(SCC(=O)Nc2ccccc2C(=O)NC2CC2)n1C1CC1. The molecule has 0 unspecified atom stereocenters. The lowest BCUT2D eigenvalue weighted by molar-refractivity contribution is -0.113. The molecule has 2 aliphatic rings. The highest BCUT2D eigenvalue weighted by Crippen LogP contribution is 2.38. The van der Waals surface area contributed by atoms with E-state index in [1.54, 1.807) is 18.2 Å². The van der Waals surface area contributed by atoms with Gasteiger partial charge in [0.15, 0.2) is 5.16 Å². The molecule has 0 spiro atoms. The topological polar surface area (TPSA) is 88.9 Å². The Kier molecular flexibility index (Phi) is 4.67. The second-order valence-corrected chi connectivity index (χ2v) is 7.70. The van der Waals surface area contributed by atoms with Crippen molar-refractivity contribution in [1.29, 1.82) is 0 Å². The number of aromatic nitrogens is 3. The van der Waals surface area contributed by atoms with Crippen molar-refractivity contribution in [2.24, 2.45) is 0 Å². The molecule has 2 aromatic rings. The van der Waals surface area contributed by atoms with E-state index in [1.165, 1.54) is 11.8 Å². The van der Waals surface area contributed by atoms with Crippen LogP contribution in [0.1, 0.15) is 47.9 Å². The molecule has 2 amide bonds. The minimum Gasteiger partial charge on any atom is -0.349 e. The number of nitrogens with one attached hydrogen (secondary N) is 2. The lowest BCUT2D eigenvalue weighted by Gasteiger charge is -2.11. The number of benzene rings is 1. The van der Waals surface area contributed by atoms with Crippen LogP contribution in [0.3, 0.4) is 0 Å². The molecule has 1 heterocycles. The van der Waals surface area contributed by atoms with Gasteiger partial charge in [0, 0.05) is 12.1 Å². The fourth-order valence-corrected chi connectivity index (χ4v) is 3.65. The van der Waals surface area contributed by atoms with E-state index >= 15 is 0 Å². The predicted octanol–water partition coefficient (Wildman–Crippen LogP) is 2.54. The highest BCUT2D eigenvalue weighted by atomic mass is 32.2. The molecular formula is C18H21N5O2S. The van der Waals surface area contributed by atoms with E-state index in [-0.39, 0.29) is 23.6 Å². The number of carbonyl (C=O) groups is 2. The maximum absolute atomic E-state index is 12.4. The first-order valence-corrected chi connectivity index (χ1v) is 9.84. The number of rotatable bonds is 7. The lowest BCUT2D eigenvalue weighted by atomic mass is 10.1. The monoisotopic (exact) mass is 371 g/mol. The zero-order valence-electron chi connectivity index (χ0n) is 14.6. The summed E-state index contributed by atoms with van der Waals surface area (Å²) in [7, 11) is 0. The summed E-state index contributed by atoms with van der Waals surface area (Å²) in [5, 5.41) is 14.9. The van der Waals surface area contributed by atoms with Crippen molar-refractivity contribution in [2.45, 2.75) is 49.8 Å². The van der Waals surface area contributed by atoms with Gasteiger partial charge in [-0.15, -0.1) is 10.2 Å². The van der Waals surface area contributed by atoms with Crippen molar-refractivity contribution in [1.82, 2.24) is 20.1 Å². The minimum atomic E-state index is -0.162. The summed E-state index contributed by atoms with van der Waals surface area (Å²) in [6.07, 6.45) is 4.33. The van der Waals surface area contributed by atoms with Crippen molar-refractivity contribution in [2.75, 3.05) is 11.1 Å². The zero-order valence-corrected chi connectivity index (χ0v) is 15.4. The maximum Gasteiger partial charge on any atom is 0.253 e. The van der Waals surface area contributed by atoms with Gasteiger partial charge in [-0.3, -0.25) is 9.59 Å². The Morgan fingerprint density at radius 1 is 1.19 bits per heavy atom. The molecule has 0 atom stereocenters. The summed E-state index contributed by atoms with van der Waals surface area (Å²) in [6, 6.07) is 7.84. The molecule has 136 valence electrons. The summed E-state index contributed by atoms with van der Waals surface area (Å²) in [4.78, 5) is 24.7. The number of nitrogens with zero attached hydrogens (tertiary/aromatic N) is 3. The average Bonchev–Trinajstić information content (AvgIpc) is 3.55. The second kappa shape index (κ2) is 7.11. The van der Waals surface area contributed by atoms with Gasteiger partial charge in [-0.05, 0) is 44.7 Å². The molecule has 2 aliphatic carbocycles. The van der Waals surface area contributed by atoms with E-state index in [0.717, 1.165) is 36.7 Å². The number of hydrogen-bond donors (Lipinski definition) is 2. The molecule has 0 aliphatic heterocycles. The fraction of sp³-hybridized carbons (Fsp3) is 0.444. The van der Waals surface area contributed by atoms with Crippen LogP contribution in [-0.2, 0) is 4.79 Å². The van der Waals surface area contributed by atoms with E-state index in [9.17, 15) is 9.59 Å². The molecule has 0 saturated heterocycles. The largest absolute Gasteiger partial charge is 0.349 e. The van der Waals surface area contributed by atoms with Crippen LogP contribution >= 0.6 is 11.8 Å². The number of thioether (sulfide) groups is 1. The van der Waals surface area contributed by atoms with Crippen molar-refractivity contribution in [3.63, 3.8) is 0 Å². The molecule has 7 nitrogen and oxygen atoms in total. The van der Waals surface area contributed by atoms with E-state index in [2.05, 4.69) is 25.4 Å². The van der Waals surface area contributed by atoms with Gasteiger partial charge in [-0.1, -0.05) is 23.9 Å². The van der Waals surface area contributed by atoms with E-state index in [4.69, 9.17) is 0 Å². The zero-order chi connectivity index (χ0) is 18.1. The van der Waals surface area contributed by atoms with Crippen molar-refractivity contribution >= 4 is 29.3 Å². The highest BCUT2D eigenvalue weighted by molar-refractivity contribution is 7.99. The third-order valence-electron chi connectivity index (χ3n) is 4.44. The van der Waals surface area contributed by atoms with Crippen LogP contribution < -0.4 is 10.6 Å². The summed E-state index contributed by atoms with van der Waals surface area (Å²) in [6.45, 7) is 1.93. The van der Waals surface area contributed by atoms with Gasteiger partial charge in [-0.2, -0.15) is 0 Å². The van der Waals surface area contributed by atoms with Crippen molar-refractivity contribution in [3.05, 3.63) is 35.7 Å². The molecule has 2 N–H and O–H groups in total. The molecule has 2 fully saturated rings. The molecular weight excluding hydrogens is 350 g/mol. The molecule has 2 saturated carbocycles. The summed E-state index contributed by atoms with van der Waals surface area (Å²) in [5.41, 5.74) is 1.03. The number of hydrogen-bond acceptors (Lipinski definition) is 5. The van der Waals surface area contributed by atoms with E-state index < -0.39 is 0 Å². The predicted molar refractivity (Wildman–Crippen MR) is 99.3 cm³/mol. The molecule has 26 heavy (non-hydrogen) atoms. The number of aryl methyl sites for hydroxylation is 1. The minimum absolute atomic E-state index is 0.139.